The molecule has 2 saturated carbocycles. The van der Waals surface area contributed by atoms with Crippen molar-refractivity contribution in [2.45, 2.75) is 62.9 Å². The molecule has 0 unspecified atom stereocenters. The van der Waals surface area contributed by atoms with Crippen LogP contribution >= 0.6 is 0 Å². The first kappa shape index (κ1) is 16.2. The summed E-state index contributed by atoms with van der Waals surface area (Å²) in [5.74, 6) is -2.32. The molecule has 0 aromatic heterocycles. The molecule has 0 bridgehead atoms. The number of esters is 1. The van der Waals surface area contributed by atoms with Gasteiger partial charge in [-0.1, -0.05) is 0 Å². The van der Waals surface area contributed by atoms with Crippen LogP contribution < -0.4 is 0 Å². The number of ether oxygens (including phenoxy) is 3. The zero-order chi connectivity index (χ0) is 16.0. The molecule has 22 heavy (non-hydrogen) atoms. The molecule has 4 atom stereocenters. The lowest BCUT2D eigenvalue weighted by atomic mass is 9.56. The van der Waals surface area contributed by atoms with Crippen LogP contribution in [0.15, 0.2) is 0 Å². The Kier molecular flexibility index (Phi) is 4.00. The quantitative estimate of drug-likeness (QED) is 0.739. The third kappa shape index (κ3) is 2.56. The fourth-order valence-corrected chi connectivity index (χ4v) is 4.43. The summed E-state index contributed by atoms with van der Waals surface area (Å²) in [6, 6.07) is 0. The molecule has 2 N–H and O–H groups in total. The van der Waals surface area contributed by atoms with Crippen molar-refractivity contribution in [3.63, 3.8) is 0 Å². The summed E-state index contributed by atoms with van der Waals surface area (Å²) in [6.45, 7) is 4.73. The molecule has 1 saturated heterocycles. The Hall–Kier alpha value is -0.690. The van der Waals surface area contributed by atoms with Gasteiger partial charge in [0, 0.05) is 18.8 Å². The molecule has 1 aliphatic heterocycles. The molecule has 3 rings (SSSR count). The van der Waals surface area contributed by atoms with Gasteiger partial charge in [0.05, 0.1) is 36.9 Å². The summed E-state index contributed by atoms with van der Waals surface area (Å²) in [6.07, 6.45) is 2.43. The van der Waals surface area contributed by atoms with Crippen LogP contribution in [-0.2, 0) is 19.0 Å². The van der Waals surface area contributed by atoms with E-state index in [9.17, 15) is 15.0 Å². The smallest absolute Gasteiger partial charge is 0.312 e. The van der Waals surface area contributed by atoms with Crippen LogP contribution in [0.4, 0.5) is 0 Å². The molecular weight excluding hydrogens is 288 g/mol. The van der Waals surface area contributed by atoms with Gasteiger partial charge in [0.25, 0.3) is 0 Å². The van der Waals surface area contributed by atoms with Crippen molar-refractivity contribution in [1.82, 2.24) is 0 Å². The predicted octanol–water partition coefficient (Wildman–Crippen LogP) is 0.985. The number of carbonyl (C=O) groups is 1. The minimum atomic E-state index is -1.18. The molecule has 0 radical (unpaired) electrons. The zero-order valence-corrected chi connectivity index (χ0v) is 13.3. The van der Waals surface area contributed by atoms with E-state index in [1.165, 1.54) is 0 Å². The molecule has 1 spiro atoms. The highest BCUT2D eigenvalue weighted by molar-refractivity contribution is 5.74. The van der Waals surface area contributed by atoms with E-state index in [4.69, 9.17) is 14.2 Å². The standard InChI is InChI=1S/C16H26O6/c1-3-20-13(17)12-11-10-16(21-8-9-22-16)7-6-15(11,19)5-4-14(12,2)18/h11-12,18-19H,3-10H2,1-2H3/t11-,12-,14+,15+/m1/s1. The van der Waals surface area contributed by atoms with Gasteiger partial charge in [-0.25, -0.2) is 0 Å². The number of hydrogen-bond acceptors (Lipinski definition) is 6. The van der Waals surface area contributed by atoms with E-state index in [-0.39, 0.29) is 6.61 Å². The molecule has 2 aliphatic carbocycles. The molecular formula is C16H26O6. The average molecular weight is 314 g/mol. The molecule has 3 fully saturated rings. The van der Waals surface area contributed by atoms with Crippen molar-refractivity contribution in [2.24, 2.45) is 11.8 Å². The van der Waals surface area contributed by atoms with Crippen LogP contribution in [-0.4, -0.2) is 53.0 Å². The molecule has 0 aromatic rings. The summed E-state index contributed by atoms with van der Waals surface area (Å²) in [5, 5.41) is 21.7. The maximum Gasteiger partial charge on any atom is 0.312 e. The summed E-state index contributed by atoms with van der Waals surface area (Å²) in [5.41, 5.74) is -2.14. The number of fused-ring (bicyclic) bond motifs is 1. The number of carbonyl (C=O) groups excluding carboxylic acids is 1. The van der Waals surface area contributed by atoms with Crippen molar-refractivity contribution in [2.75, 3.05) is 19.8 Å². The van der Waals surface area contributed by atoms with Gasteiger partial charge in [-0.15, -0.1) is 0 Å². The molecule has 0 amide bonds. The number of aliphatic hydroxyl groups is 2. The van der Waals surface area contributed by atoms with E-state index < -0.39 is 34.8 Å². The highest BCUT2D eigenvalue weighted by Gasteiger charge is 2.61. The predicted molar refractivity (Wildman–Crippen MR) is 76.9 cm³/mol. The van der Waals surface area contributed by atoms with Gasteiger partial charge in [0.2, 0.25) is 0 Å². The normalized spacial score (nSPS) is 43.8. The van der Waals surface area contributed by atoms with E-state index in [2.05, 4.69) is 0 Å². The second kappa shape index (κ2) is 5.44. The van der Waals surface area contributed by atoms with Crippen molar-refractivity contribution in [1.29, 1.82) is 0 Å². The van der Waals surface area contributed by atoms with Gasteiger partial charge >= 0.3 is 5.97 Å². The van der Waals surface area contributed by atoms with E-state index in [0.717, 1.165) is 0 Å². The van der Waals surface area contributed by atoms with E-state index in [1.807, 2.05) is 0 Å². The van der Waals surface area contributed by atoms with Crippen LogP contribution in [0.1, 0.15) is 46.0 Å². The van der Waals surface area contributed by atoms with Gasteiger partial charge in [0.1, 0.15) is 0 Å². The van der Waals surface area contributed by atoms with Crippen LogP contribution in [0.25, 0.3) is 0 Å². The van der Waals surface area contributed by atoms with Crippen molar-refractivity contribution in [3.05, 3.63) is 0 Å². The van der Waals surface area contributed by atoms with Gasteiger partial charge in [-0.05, 0) is 33.1 Å². The maximum atomic E-state index is 12.4. The van der Waals surface area contributed by atoms with Crippen LogP contribution in [0, 0.1) is 11.8 Å². The lowest BCUT2D eigenvalue weighted by Gasteiger charge is -2.55. The highest BCUT2D eigenvalue weighted by Crippen LogP contribution is 2.54. The average Bonchev–Trinajstić information content (AvgIpc) is 2.89. The Morgan fingerprint density at radius 1 is 1.18 bits per heavy atom. The van der Waals surface area contributed by atoms with E-state index in [1.54, 1.807) is 13.8 Å². The Bertz CT molecular complexity index is 442. The van der Waals surface area contributed by atoms with E-state index in [0.29, 0.717) is 45.3 Å². The van der Waals surface area contributed by atoms with Crippen molar-refractivity contribution in [3.8, 4) is 0 Å². The lowest BCUT2D eigenvalue weighted by Crippen LogP contribution is -2.62. The highest BCUT2D eigenvalue weighted by atomic mass is 16.7. The summed E-state index contributed by atoms with van der Waals surface area (Å²) in [4.78, 5) is 12.4. The first-order valence-corrected chi connectivity index (χ1v) is 8.21. The summed E-state index contributed by atoms with van der Waals surface area (Å²) >= 11 is 0. The fraction of sp³-hybridized carbons (Fsp3) is 0.938. The third-order valence-electron chi connectivity index (χ3n) is 5.65. The monoisotopic (exact) mass is 314 g/mol. The maximum absolute atomic E-state index is 12.4. The fourth-order valence-electron chi connectivity index (χ4n) is 4.43. The van der Waals surface area contributed by atoms with Crippen molar-refractivity contribution < 1.29 is 29.2 Å². The Morgan fingerprint density at radius 2 is 1.82 bits per heavy atom. The van der Waals surface area contributed by atoms with Gasteiger partial charge in [-0.2, -0.15) is 0 Å². The van der Waals surface area contributed by atoms with Gasteiger partial charge in [-0.3, -0.25) is 4.79 Å². The second-order valence-corrected chi connectivity index (χ2v) is 7.11. The van der Waals surface area contributed by atoms with Gasteiger partial charge < -0.3 is 24.4 Å². The third-order valence-corrected chi connectivity index (χ3v) is 5.65. The lowest BCUT2D eigenvalue weighted by molar-refractivity contribution is -0.256. The van der Waals surface area contributed by atoms with Gasteiger partial charge in [0.15, 0.2) is 5.79 Å². The molecule has 6 heteroatoms. The van der Waals surface area contributed by atoms with Crippen molar-refractivity contribution >= 4 is 5.97 Å². The number of hydrogen-bond donors (Lipinski definition) is 2. The molecule has 0 aromatic carbocycles. The van der Waals surface area contributed by atoms with Crippen LogP contribution in [0.5, 0.6) is 0 Å². The first-order chi connectivity index (χ1) is 10.3. The largest absolute Gasteiger partial charge is 0.466 e. The molecule has 1 heterocycles. The minimum Gasteiger partial charge on any atom is -0.466 e. The number of rotatable bonds is 2. The van der Waals surface area contributed by atoms with Crippen LogP contribution in [0.2, 0.25) is 0 Å². The summed E-state index contributed by atoms with van der Waals surface area (Å²) in [7, 11) is 0. The second-order valence-electron chi connectivity index (χ2n) is 7.11. The molecule has 6 nitrogen and oxygen atoms in total. The molecule has 3 aliphatic rings. The Morgan fingerprint density at radius 3 is 2.45 bits per heavy atom. The minimum absolute atomic E-state index is 0.259. The zero-order valence-electron chi connectivity index (χ0n) is 13.3. The SMILES string of the molecule is CCOC(=O)[C@H]1[C@H]2CC3(CC[C@@]2(O)CC[C@]1(C)O)OCCO3. The Labute approximate surface area is 130 Å². The van der Waals surface area contributed by atoms with E-state index >= 15 is 0 Å². The first-order valence-electron chi connectivity index (χ1n) is 8.21. The Balaban J connectivity index is 1.91. The molecule has 126 valence electrons. The van der Waals surface area contributed by atoms with Crippen LogP contribution in [0.3, 0.4) is 0 Å². The topological polar surface area (TPSA) is 85.2 Å². The summed E-state index contributed by atoms with van der Waals surface area (Å²) < 4.78 is 16.7.